The molecular formula is C9H15NO. The molecule has 0 heterocycles. The van der Waals surface area contributed by atoms with Gasteiger partial charge in [-0.15, -0.1) is 0 Å². The molecule has 0 aliphatic heterocycles. The van der Waals surface area contributed by atoms with Crippen molar-refractivity contribution in [2.45, 2.75) is 32.7 Å². The Morgan fingerprint density at radius 1 is 1.64 bits per heavy atom. The summed E-state index contributed by atoms with van der Waals surface area (Å²) in [5.41, 5.74) is 0.566. The van der Waals surface area contributed by atoms with Gasteiger partial charge < -0.3 is 0 Å². The number of carbonyl (C=O) groups is 1. The van der Waals surface area contributed by atoms with Crippen molar-refractivity contribution in [2.75, 3.05) is 0 Å². The largest absolute Gasteiger partial charge is 0.292 e. The van der Waals surface area contributed by atoms with Crippen LogP contribution in [0.15, 0.2) is 17.1 Å². The van der Waals surface area contributed by atoms with Crippen LogP contribution >= 0.6 is 0 Å². The Balaban J connectivity index is 4.13. The maximum Gasteiger partial charge on any atom is 0.182 e. The minimum Gasteiger partial charge on any atom is -0.292 e. The van der Waals surface area contributed by atoms with Crippen molar-refractivity contribution in [2.24, 2.45) is 4.99 Å². The standard InChI is InChI=1S/C9H15NO/c1-5-6-8(10-4)9(11)7(2)3/h8H,2,4-6H2,1,3H3/t8-/m0/s1. The number of hydrogen-bond acceptors (Lipinski definition) is 2. The lowest BCUT2D eigenvalue weighted by molar-refractivity contribution is -0.116. The summed E-state index contributed by atoms with van der Waals surface area (Å²) in [5, 5.41) is 0. The van der Waals surface area contributed by atoms with Crippen molar-refractivity contribution in [3.63, 3.8) is 0 Å². The third-order valence-electron chi connectivity index (χ3n) is 1.51. The van der Waals surface area contributed by atoms with E-state index in [1.54, 1.807) is 6.92 Å². The molecule has 0 aliphatic rings. The van der Waals surface area contributed by atoms with E-state index in [0.29, 0.717) is 5.57 Å². The first-order valence-electron chi connectivity index (χ1n) is 3.79. The van der Waals surface area contributed by atoms with Gasteiger partial charge in [0.05, 0.1) is 0 Å². The molecule has 0 N–H and O–H groups in total. The van der Waals surface area contributed by atoms with Crippen LogP contribution in [0.3, 0.4) is 0 Å². The van der Waals surface area contributed by atoms with Crippen LogP contribution in [-0.4, -0.2) is 18.5 Å². The minimum absolute atomic E-state index is 0.0156. The molecule has 2 nitrogen and oxygen atoms in total. The first-order valence-corrected chi connectivity index (χ1v) is 3.79. The first-order chi connectivity index (χ1) is 5.13. The van der Waals surface area contributed by atoms with Gasteiger partial charge in [0, 0.05) is 0 Å². The summed E-state index contributed by atoms with van der Waals surface area (Å²) in [7, 11) is 0. The van der Waals surface area contributed by atoms with Crippen LogP contribution in [0.4, 0.5) is 0 Å². The zero-order chi connectivity index (χ0) is 8.85. The Hall–Kier alpha value is -0.920. The summed E-state index contributed by atoms with van der Waals surface area (Å²) in [6, 6.07) is -0.266. The zero-order valence-corrected chi connectivity index (χ0v) is 7.26. The second-order valence-electron chi connectivity index (χ2n) is 2.63. The molecule has 0 aliphatic carbocycles. The topological polar surface area (TPSA) is 29.4 Å². The van der Waals surface area contributed by atoms with Crippen LogP contribution in [0, 0.1) is 0 Å². The number of nitrogens with zero attached hydrogens (tertiary/aromatic N) is 1. The smallest absolute Gasteiger partial charge is 0.182 e. The second-order valence-corrected chi connectivity index (χ2v) is 2.63. The van der Waals surface area contributed by atoms with E-state index in [2.05, 4.69) is 18.3 Å². The van der Waals surface area contributed by atoms with Gasteiger partial charge in [0.25, 0.3) is 0 Å². The molecule has 2 heteroatoms. The average Bonchev–Trinajstić information content (AvgIpc) is 1.98. The molecule has 0 spiro atoms. The highest BCUT2D eigenvalue weighted by atomic mass is 16.1. The normalized spacial score (nSPS) is 12.2. The summed E-state index contributed by atoms with van der Waals surface area (Å²) in [6.45, 7) is 10.7. The highest BCUT2D eigenvalue weighted by Gasteiger charge is 2.14. The molecule has 0 aromatic rings. The molecular weight excluding hydrogens is 138 g/mol. The van der Waals surface area contributed by atoms with Gasteiger partial charge in [-0.1, -0.05) is 19.9 Å². The Labute approximate surface area is 68.0 Å². The quantitative estimate of drug-likeness (QED) is 0.439. The number of Topliss-reactive ketones (excluding diaryl/α,β-unsaturated/α-hetero) is 1. The molecule has 0 amide bonds. The number of aliphatic imine (C=N–C) groups is 1. The van der Waals surface area contributed by atoms with Gasteiger partial charge in [0.2, 0.25) is 0 Å². The minimum atomic E-state index is -0.266. The van der Waals surface area contributed by atoms with Gasteiger partial charge in [0.1, 0.15) is 6.04 Å². The second kappa shape index (κ2) is 4.83. The van der Waals surface area contributed by atoms with E-state index >= 15 is 0 Å². The molecule has 11 heavy (non-hydrogen) atoms. The Kier molecular flexibility index (Phi) is 4.42. The summed E-state index contributed by atoms with van der Waals surface area (Å²) in [6.07, 6.45) is 1.72. The van der Waals surface area contributed by atoms with E-state index in [1.165, 1.54) is 0 Å². The van der Waals surface area contributed by atoms with Crippen LogP contribution in [0.1, 0.15) is 26.7 Å². The van der Waals surface area contributed by atoms with E-state index < -0.39 is 0 Å². The highest BCUT2D eigenvalue weighted by Crippen LogP contribution is 2.06. The maximum absolute atomic E-state index is 11.2. The van der Waals surface area contributed by atoms with E-state index in [9.17, 15) is 4.79 Å². The fourth-order valence-corrected chi connectivity index (χ4v) is 0.863. The number of hydrogen-bond donors (Lipinski definition) is 0. The zero-order valence-electron chi connectivity index (χ0n) is 7.26. The van der Waals surface area contributed by atoms with Gasteiger partial charge >= 0.3 is 0 Å². The molecule has 0 aromatic heterocycles. The van der Waals surface area contributed by atoms with Gasteiger partial charge in [-0.3, -0.25) is 9.79 Å². The lowest BCUT2D eigenvalue weighted by Gasteiger charge is -2.07. The molecule has 0 bridgehead atoms. The average molecular weight is 153 g/mol. The molecule has 1 atom stereocenters. The van der Waals surface area contributed by atoms with Gasteiger partial charge in [-0.05, 0) is 25.6 Å². The molecule has 0 rings (SSSR count). The number of rotatable bonds is 5. The lowest BCUT2D eigenvalue weighted by atomic mass is 10.0. The maximum atomic E-state index is 11.2. The van der Waals surface area contributed by atoms with Crippen LogP contribution in [0.5, 0.6) is 0 Å². The summed E-state index contributed by atoms with van der Waals surface area (Å²) >= 11 is 0. The Morgan fingerprint density at radius 3 is 2.45 bits per heavy atom. The van der Waals surface area contributed by atoms with Gasteiger partial charge in [0.15, 0.2) is 5.78 Å². The molecule has 0 unspecified atom stereocenters. The SMILES string of the molecule is C=N[C@@H](CCC)C(=O)C(=C)C. The van der Waals surface area contributed by atoms with E-state index in [4.69, 9.17) is 0 Å². The monoisotopic (exact) mass is 153 g/mol. The highest BCUT2D eigenvalue weighted by molar-refractivity contribution is 5.98. The fourth-order valence-electron chi connectivity index (χ4n) is 0.863. The predicted molar refractivity (Wildman–Crippen MR) is 48.1 cm³/mol. The third-order valence-corrected chi connectivity index (χ3v) is 1.51. The Morgan fingerprint density at radius 2 is 2.18 bits per heavy atom. The molecule has 0 radical (unpaired) electrons. The van der Waals surface area contributed by atoms with Crippen molar-refractivity contribution in [3.8, 4) is 0 Å². The summed E-state index contributed by atoms with van der Waals surface area (Å²) in [5.74, 6) is 0.0156. The van der Waals surface area contributed by atoms with Crippen LogP contribution < -0.4 is 0 Å². The Bertz CT molecular complexity index is 172. The number of ketones is 1. The van der Waals surface area contributed by atoms with E-state index in [1.807, 2.05) is 6.92 Å². The van der Waals surface area contributed by atoms with E-state index in [-0.39, 0.29) is 11.8 Å². The molecule has 0 saturated heterocycles. The summed E-state index contributed by atoms with van der Waals surface area (Å²) < 4.78 is 0. The van der Waals surface area contributed by atoms with Gasteiger partial charge in [-0.25, -0.2) is 0 Å². The van der Waals surface area contributed by atoms with Crippen LogP contribution in [0.25, 0.3) is 0 Å². The van der Waals surface area contributed by atoms with Gasteiger partial charge in [-0.2, -0.15) is 0 Å². The first kappa shape index (κ1) is 10.1. The third kappa shape index (κ3) is 3.12. The fraction of sp³-hybridized carbons (Fsp3) is 0.556. The van der Waals surface area contributed by atoms with Crippen molar-refractivity contribution >= 4 is 12.5 Å². The van der Waals surface area contributed by atoms with Crippen LogP contribution in [-0.2, 0) is 4.79 Å². The number of carbonyl (C=O) groups excluding carboxylic acids is 1. The molecule has 0 saturated carbocycles. The van der Waals surface area contributed by atoms with Crippen molar-refractivity contribution in [3.05, 3.63) is 12.2 Å². The molecule has 0 aromatic carbocycles. The van der Waals surface area contributed by atoms with Crippen LogP contribution in [0.2, 0.25) is 0 Å². The van der Waals surface area contributed by atoms with Crippen molar-refractivity contribution < 1.29 is 4.79 Å². The molecule has 0 fully saturated rings. The predicted octanol–water partition coefficient (Wildman–Crippen LogP) is 2.00. The molecule has 62 valence electrons. The van der Waals surface area contributed by atoms with E-state index in [0.717, 1.165) is 12.8 Å². The van der Waals surface area contributed by atoms with Crippen molar-refractivity contribution in [1.29, 1.82) is 0 Å². The lowest BCUT2D eigenvalue weighted by Crippen LogP contribution is -2.18. The summed E-state index contributed by atoms with van der Waals surface area (Å²) in [4.78, 5) is 15.0. The van der Waals surface area contributed by atoms with Crippen molar-refractivity contribution in [1.82, 2.24) is 0 Å².